The van der Waals surface area contributed by atoms with Crippen LogP contribution in [-0.2, 0) is 17.9 Å². The van der Waals surface area contributed by atoms with E-state index in [1.54, 1.807) is 0 Å². The van der Waals surface area contributed by atoms with Crippen molar-refractivity contribution in [3.63, 3.8) is 0 Å². The summed E-state index contributed by atoms with van der Waals surface area (Å²) in [4.78, 5) is 23.1. The van der Waals surface area contributed by atoms with E-state index in [0.29, 0.717) is 17.5 Å². The van der Waals surface area contributed by atoms with Gasteiger partial charge in [0.2, 0.25) is 5.91 Å². The van der Waals surface area contributed by atoms with Crippen molar-refractivity contribution in [3.05, 3.63) is 52.8 Å². The van der Waals surface area contributed by atoms with Crippen molar-refractivity contribution in [3.8, 4) is 0 Å². The van der Waals surface area contributed by atoms with Crippen molar-refractivity contribution in [2.75, 3.05) is 18.8 Å². The molecule has 2 aromatic rings. The lowest BCUT2D eigenvalue weighted by Crippen LogP contribution is -2.25. The highest BCUT2D eigenvalue weighted by molar-refractivity contribution is 7.99. The molecule has 0 atom stereocenters. The monoisotopic (exact) mass is 372 g/mol. The van der Waals surface area contributed by atoms with E-state index < -0.39 is 0 Å². The fourth-order valence-corrected chi connectivity index (χ4v) is 3.39. The van der Waals surface area contributed by atoms with Gasteiger partial charge in [-0.1, -0.05) is 49.9 Å². The molecule has 0 aliphatic rings. The normalized spacial score (nSPS) is 11.0. The van der Waals surface area contributed by atoms with Gasteiger partial charge >= 0.3 is 0 Å². The van der Waals surface area contributed by atoms with Crippen LogP contribution in [0.5, 0.6) is 0 Å². The first-order valence-corrected chi connectivity index (χ1v) is 10.0. The Morgan fingerprint density at radius 2 is 1.62 bits per heavy atom. The van der Waals surface area contributed by atoms with Crippen LogP contribution in [0.2, 0.25) is 0 Å². The van der Waals surface area contributed by atoms with Crippen LogP contribution in [0, 0.1) is 13.8 Å². The maximum Gasteiger partial charge on any atom is 0.230 e. The molecule has 0 radical (unpaired) electrons. The molecule has 0 unspecified atom stereocenters. The molecule has 0 bridgehead atoms. The van der Waals surface area contributed by atoms with Crippen molar-refractivity contribution in [1.29, 1.82) is 0 Å². The smallest absolute Gasteiger partial charge is 0.230 e. The second-order valence-corrected chi connectivity index (χ2v) is 7.22. The van der Waals surface area contributed by atoms with Crippen molar-refractivity contribution in [2.45, 2.75) is 45.9 Å². The summed E-state index contributed by atoms with van der Waals surface area (Å²) in [5.74, 6) is 0.313. The van der Waals surface area contributed by atoms with E-state index in [0.717, 1.165) is 36.6 Å². The first-order chi connectivity index (χ1) is 12.5. The molecule has 2 rings (SSSR count). The Bertz CT molecular complexity index is 694. The number of benzene rings is 1. The predicted molar refractivity (Wildman–Crippen MR) is 107 cm³/mol. The molecule has 1 aromatic heterocycles. The number of hydrogen-bond donors (Lipinski definition) is 1. The summed E-state index contributed by atoms with van der Waals surface area (Å²) in [6.07, 6.45) is 0. The average molecular weight is 373 g/mol. The minimum atomic E-state index is -0.00928. The maximum absolute atomic E-state index is 12.1. The van der Waals surface area contributed by atoms with Crippen LogP contribution in [-0.4, -0.2) is 39.6 Å². The van der Waals surface area contributed by atoms with E-state index in [1.165, 1.54) is 17.3 Å². The highest BCUT2D eigenvalue weighted by Gasteiger charge is 2.06. The van der Waals surface area contributed by atoms with Gasteiger partial charge in [-0.25, -0.2) is 9.97 Å². The molecule has 5 nitrogen and oxygen atoms in total. The zero-order valence-corrected chi connectivity index (χ0v) is 16.9. The molecule has 0 saturated heterocycles. The Balaban J connectivity index is 1.78. The maximum atomic E-state index is 12.1. The van der Waals surface area contributed by atoms with Gasteiger partial charge in [-0.2, -0.15) is 0 Å². The van der Waals surface area contributed by atoms with E-state index in [9.17, 15) is 4.79 Å². The second-order valence-electron chi connectivity index (χ2n) is 6.28. The van der Waals surface area contributed by atoms with Crippen LogP contribution in [0.3, 0.4) is 0 Å². The Morgan fingerprint density at radius 3 is 2.19 bits per heavy atom. The third kappa shape index (κ3) is 6.77. The molecule has 0 aliphatic heterocycles. The Kier molecular flexibility index (Phi) is 8.06. The van der Waals surface area contributed by atoms with Crippen LogP contribution in [0.15, 0.2) is 35.5 Å². The number of rotatable bonds is 9. The molecular formula is C20H28N4OS. The third-order valence-electron chi connectivity index (χ3n) is 4.11. The number of carbonyl (C=O) groups excluding carboxylic acids is 1. The number of hydrogen-bond acceptors (Lipinski definition) is 5. The van der Waals surface area contributed by atoms with Crippen LogP contribution < -0.4 is 5.32 Å². The number of carbonyl (C=O) groups is 1. The van der Waals surface area contributed by atoms with Crippen molar-refractivity contribution in [1.82, 2.24) is 20.2 Å². The van der Waals surface area contributed by atoms with Gasteiger partial charge < -0.3 is 5.32 Å². The van der Waals surface area contributed by atoms with Gasteiger partial charge in [0.15, 0.2) is 5.16 Å². The summed E-state index contributed by atoms with van der Waals surface area (Å²) in [5, 5.41) is 3.61. The topological polar surface area (TPSA) is 58.1 Å². The minimum Gasteiger partial charge on any atom is -0.351 e. The number of thioether (sulfide) groups is 1. The summed E-state index contributed by atoms with van der Waals surface area (Å²) >= 11 is 1.37. The van der Waals surface area contributed by atoms with E-state index >= 15 is 0 Å². The number of nitrogens with one attached hydrogen (secondary N) is 1. The summed E-state index contributed by atoms with van der Waals surface area (Å²) in [7, 11) is 0. The summed E-state index contributed by atoms with van der Waals surface area (Å²) < 4.78 is 0. The molecule has 1 heterocycles. The van der Waals surface area contributed by atoms with Gasteiger partial charge in [0.05, 0.1) is 5.75 Å². The first kappa shape index (κ1) is 20.4. The van der Waals surface area contributed by atoms with Crippen LogP contribution in [0.4, 0.5) is 0 Å². The lowest BCUT2D eigenvalue weighted by molar-refractivity contribution is -0.118. The number of aryl methyl sites for hydroxylation is 2. The number of aromatic nitrogens is 2. The van der Waals surface area contributed by atoms with Gasteiger partial charge in [0.1, 0.15) is 0 Å². The number of nitrogens with zero attached hydrogens (tertiary/aromatic N) is 3. The first-order valence-electron chi connectivity index (χ1n) is 9.02. The molecule has 140 valence electrons. The lowest BCUT2D eigenvalue weighted by atomic mass is 10.1. The second kappa shape index (κ2) is 10.3. The fourth-order valence-electron chi connectivity index (χ4n) is 2.61. The zero-order valence-electron chi connectivity index (χ0n) is 16.1. The van der Waals surface area contributed by atoms with Gasteiger partial charge in [0, 0.05) is 24.5 Å². The zero-order chi connectivity index (χ0) is 18.9. The Labute approximate surface area is 160 Å². The average Bonchev–Trinajstić information content (AvgIpc) is 2.63. The predicted octanol–water partition coefficient (Wildman–Crippen LogP) is 3.34. The van der Waals surface area contributed by atoms with Gasteiger partial charge in [0.25, 0.3) is 0 Å². The molecule has 0 spiro atoms. The molecule has 0 saturated carbocycles. The van der Waals surface area contributed by atoms with Crippen LogP contribution in [0.25, 0.3) is 0 Å². The van der Waals surface area contributed by atoms with Crippen LogP contribution in [0.1, 0.15) is 36.4 Å². The fraction of sp³-hybridized carbons (Fsp3) is 0.450. The van der Waals surface area contributed by atoms with Crippen molar-refractivity contribution in [2.24, 2.45) is 0 Å². The molecule has 6 heteroatoms. The minimum absolute atomic E-state index is 0.00928. The van der Waals surface area contributed by atoms with E-state index in [4.69, 9.17) is 0 Å². The van der Waals surface area contributed by atoms with E-state index in [2.05, 4.69) is 58.3 Å². The summed E-state index contributed by atoms with van der Waals surface area (Å²) in [6, 6.07) is 10.4. The molecule has 0 aliphatic carbocycles. The molecular weight excluding hydrogens is 344 g/mol. The van der Waals surface area contributed by atoms with Crippen LogP contribution >= 0.6 is 11.8 Å². The summed E-state index contributed by atoms with van der Waals surface area (Å²) in [5.41, 5.74) is 4.25. The Hall–Kier alpha value is -1.92. The van der Waals surface area contributed by atoms with E-state index in [-0.39, 0.29) is 5.91 Å². The quantitative estimate of drug-likeness (QED) is 0.540. The molecule has 0 fully saturated rings. The summed E-state index contributed by atoms with van der Waals surface area (Å²) in [6.45, 7) is 11.8. The van der Waals surface area contributed by atoms with Crippen molar-refractivity contribution < 1.29 is 4.79 Å². The lowest BCUT2D eigenvalue weighted by Gasteiger charge is -2.18. The van der Waals surface area contributed by atoms with Gasteiger partial charge in [-0.3, -0.25) is 9.69 Å². The molecule has 1 amide bonds. The van der Waals surface area contributed by atoms with Crippen molar-refractivity contribution >= 4 is 17.7 Å². The SMILES string of the molecule is CCN(CC)Cc1ccc(CNC(=O)CSc2nc(C)cc(C)n2)cc1. The number of amides is 1. The highest BCUT2D eigenvalue weighted by atomic mass is 32.2. The van der Waals surface area contributed by atoms with Gasteiger partial charge in [-0.05, 0) is 44.1 Å². The van der Waals surface area contributed by atoms with Gasteiger partial charge in [-0.15, -0.1) is 0 Å². The molecule has 26 heavy (non-hydrogen) atoms. The standard InChI is InChI=1S/C20H28N4OS/c1-5-24(6-2)13-18-9-7-17(8-10-18)12-21-19(25)14-26-20-22-15(3)11-16(4)23-20/h7-11H,5-6,12-14H2,1-4H3,(H,21,25). The molecule has 1 N–H and O–H groups in total. The Morgan fingerprint density at radius 1 is 1.04 bits per heavy atom. The molecule has 1 aromatic carbocycles. The van der Waals surface area contributed by atoms with E-state index in [1.807, 2.05) is 19.9 Å². The largest absolute Gasteiger partial charge is 0.351 e. The third-order valence-corrected chi connectivity index (χ3v) is 4.95. The highest BCUT2D eigenvalue weighted by Crippen LogP contribution is 2.14.